The van der Waals surface area contributed by atoms with E-state index in [1.165, 1.54) is 19.2 Å². The summed E-state index contributed by atoms with van der Waals surface area (Å²) >= 11 is 0. The van der Waals surface area contributed by atoms with E-state index in [4.69, 9.17) is 15.2 Å². The largest absolute Gasteiger partial charge is 0.494 e. The van der Waals surface area contributed by atoms with E-state index in [-0.39, 0.29) is 18.5 Å². The quantitative estimate of drug-likeness (QED) is 0.833. The van der Waals surface area contributed by atoms with Crippen LogP contribution in [0.1, 0.15) is 18.4 Å². The first-order valence-electron chi connectivity index (χ1n) is 8.66. The monoisotopic (exact) mass is 375 g/mol. The first-order valence-corrected chi connectivity index (χ1v) is 8.66. The molecule has 144 valence electrons. The van der Waals surface area contributed by atoms with Gasteiger partial charge in [-0.1, -0.05) is 0 Å². The van der Waals surface area contributed by atoms with Gasteiger partial charge >= 0.3 is 6.09 Å². The lowest BCUT2D eigenvalue weighted by molar-refractivity contribution is 0.0965. The number of hydrogen-bond donors (Lipinski definition) is 2. The van der Waals surface area contributed by atoms with E-state index in [0.29, 0.717) is 23.4 Å². The minimum atomic E-state index is -0.792. The van der Waals surface area contributed by atoms with E-state index < -0.39 is 11.9 Å². The molecule has 0 unspecified atom stereocenters. The lowest BCUT2D eigenvalue weighted by Gasteiger charge is -2.34. The van der Waals surface area contributed by atoms with Crippen LogP contribution < -0.4 is 15.4 Å². The van der Waals surface area contributed by atoms with Crippen LogP contribution in [0, 0.1) is 5.82 Å². The number of aromatic nitrogens is 1. The van der Waals surface area contributed by atoms with Crippen molar-refractivity contribution < 1.29 is 23.8 Å². The topological polar surface area (TPSA) is 97.9 Å². The van der Waals surface area contributed by atoms with Crippen molar-refractivity contribution in [2.24, 2.45) is 5.73 Å². The molecule has 2 aromatic rings. The van der Waals surface area contributed by atoms with Gasteiger partial charge in [-0.3, -0.25) is 4.98 Å². The van der Waals surface area contributed by atoms with Crippen LogP contribution >= 0.6 is 0 Å². The summed E-state index contributed by atoms with van der Waals surface area (Å²) in [5, 5.41) is 9.81. The van der Waals surface area contributed by atoms with Gasteiger partial charge in [0.05, 0.1) is 37.8 Å². The molecular formula is C19H22FN3O4. The Morgan fingerprint density at radius 1 is 1.44 bits per heavy atom. The lowest BCUT2D eigenvalue weighted by Crippen LogP contribution is -2.41. The molecule has 1 saturated heterocycles. The summed E-state index contributed by atoms with van der Waals surface area (Å²) in [7, 11) is 1.41. The van der Waals surface area contributed by atoms with Crippen LogP contribution in [0.2, 0.25) is 0 Å². The molecule has 1 aromatic carbocycles. The predicted molar refractivity (Wildman–Crippen MR) is 98.0 cm³/mol. The smallest absolute Gasteiger partial charge is 0.404 e. The van der Waals surface area contributed by atoms with Gasteiger partial charge in [-0.15, -0.1) is 0 Å². The van der Waals surface area contributed by atoms with Gasteiger partial charge in [0.15, 0.2) is 11.6 Å². The Hall–Kier alpha value is -2.87. The number of methoxy groups -OCH3 is 1. The molecule has 1 amide bonds. The number of halogens is 1. The highest BCUT2D eigenvalue weighted by atomic mass is 19.1. The molecular weight excluding hydrogens is 353 g/mol. The summed E-state index contributed by atoms with van der Waals surface area (Å²) in [5.74, 6) is -0.319. The van der Waals surface area contributed by atoms with E-state index in [9.17, 15) is 14.3 Å². The second-order valence-electron chi connectivity index (χ2n) is 6.35. The molecule has 0 spiro atoms. The van der Waals surface area contributed by atoms with E-state index in [0.717, 1.165) is 25.1 Å². The average Bonchev–Trinajstić information content (AvgIpc) is 2.67. The molecule has 0 aliphatic carbocycles. The van der Waals surface area contributed by atoms with Crippen LogP contribution in [0.4, 0.5) is 14.9 Å². The Labute approximate surface area is 156 Å². The molecule has 1 aromatic heterocycles. The van der Waals surface area contributed by atoms with Crippen LogP contribution in [-0.2, 0) is 11.3 Å². The molecule has 0 saturated carbocycles. The van der Waals surface area contributed by atoms with Crippen molar-refractivity contribution in [1.82, 2.24) is 4.98 Å². The molecule has 1 atom stereocenters. The maximum atomic E-state index is 14.0. The Bertz CT molecular complexity index is 831. The highest BCUT2D eigenvalue weighted by Crippen LogP contribution is 2.30. The van der Waals surface area contributed by atoms with Crippen molar-refractivity contribution in [3.8, 4) is 17.0 Å². The summed E-state index contributed by atoms with van der Waals surface area (Å²) in [5.41, 5.74) is 7.66. The number of hydrogen-bond acceptors (Lipinski definition) is 6. The zero-order valence-electron chi connectivity index (χ0n) is 15.0. The van der Waals surface area contributed by atoms with Crippen molar-refractivity contribution in [3.05, 3.63) is 41.8 Å². The fraction of sp³-hybridized carbons (Fsp3) is 0.368. The van der Waals surface area contributed by atoms with Crippen LogP contribution in [0.15, 0.2) is 30.5 Å². The molecule has 1 aliphatic rings. The van der Waals surface area contributed by atoms with E-state index in [1.54, 1.807) is 18.3 Å². The molecule has 1 aliphatic heterocycles. The van der Waals surface area contributed by atoms with Crippen LogP contribution in [0.3, 0.4) is 0 Å². The molecule has 8 heteroatoms. The Morgan fingerprint density at radius 2 is 2.26 bits per heavy atom. The Morgan fingerprint density at radius 3 is 2.93 bits per heavy atom. The molecule has 2 heterocycles. The highest BCUT2D eigenvalue weighted by Gasteiger charge is 2.24. The Balaban J connectivity index is 1.86. The third-order valence-electron chi connectivity index (χ3n) is 4.59. The number of amides is 1. The van der Waals surface area contributed by atoms with Crippen molar-refractivity contribution in [3.63, 3.8) is 0 Å². The summed E-state index contributed by atoms with van der Waals surface area (Å²) in [6.45, 7) is 1.04. The second kappa shape index (κ2) is 8.22. The first kappa shape index (κ1) is 18.9. The molecule has 7 nitrogen and oxygen atoms in total. The third kappa shape index (κ3) is 4.28. The van der Waals surface area contributed by atoms with E-state index in [1.807, 2.05) is 4.90 Å². The number of anilines is 1. The van der Waals surface area contributed by atoms with E-state index in [2.05, 4.69) is 4.98 Å². The van der Waals surface area contributed by atoms with Crippen molar-refractivity contribution >= 4 is 11.8 Å². The van der Waals surface area contributed by atoms with Gasteiger partial charge in [-0.2, -0.15) is 0 Å². The van der Waals surface area contributed by atoms with Crippen LogP contribution in [-0.4, -0.2) is 42.5 Å². The number of benzene rings is 1. The van der Waals surface area contributed by atoms with E-state index >= 15 is 0 Å². The van der Waals surface area contributed by atoms with Crippen LogP contribution in [0.5, 0.6) is 5.75 Å². The van der Waals surface area contributed by atoms with Gasteiger partial charge in [-0.05, 0) is 37.1 Å². The van der Waals surface area contributed by atoms with Crippen molar-refractivity contribution in [2.75, 3.05) is 25.1 Å². The number of nitrogens with zero attached hydrogens (tertiary/aromatic N) is 2. The van der Waals surface area contributed by atoms with Crippen molar-refractivity contribution in [2.45, 2.75) is 25.6 Å². The number of pyridine rings is 1. The minimum absolute atomic E-state index is 0.159. The van der Waals surface area contributed by atoms with Gasteiger partial charge in [0.2, 0.25) is 0 Å². The fourth-order valence-corrected chi connectivity index (χ4v) is 3.30. The van der Waals surface area contributed by atoms with Crippen LogP contribution in [0.25, 0.3) is 11.3 Å². The standard InChI is InChI=1S/C19H22FN3O4/c1-26-18-5-4-12(7-15(18)20)16-8-13(11-24)17(9-22-16)23-6-2-3-14(10-23)27-19(21)25/h4-5,7-9,14,24H,2-3,6,10-11H2,1H3,(H2,21,25)/t14-/m1/s1. The maximum Gasteiger partial charge on any atom is 0.404 e. The number of rotatable bonds is 5. The predicted octanol–water partition coefficient (Wildman–Crippen LogP) is 2.45. The number of piperidine rings is 1. The molecule has 1 fully saturated rings. The van der Waals surface area contributed by atoms with Gasteiger partial charge in [0.1, 0.15) is 6.10 Å². The first-order chi connectivity index (χ1) is 13.0. The lowest BCUT2D eigenvalue weighted by atomic mass is 10.0. The van der Waals surface area contributed by atoms with Gasteiger partial charge in [0.25, 0.3) is 0 Å². The summed E-state index contributed by atoms with van der Waals surface area (Å²) < 4.78 is 24.0. The zero-order chi connectivity index (χ0) is 19.4. The van der Waals surface area contributed by atoms with Crippen molar-refractivity contribution in [1.29, 1.82) is 0 Å². The van der Waals surface area contributed by atoms with Gasteiger partial charge < -0.3 is 25.2 Å². The summed E-state index contributed by atoms with van der Waals surface area (Å²) in [6.07, 6.45) is 2.13. The highest BCUT2D eigenvalue weighted by molar-refractivity contribution is 5.66. The molecule has 27 heavy (non-hydrogen) atoms. The molecule has 0 bridgehead atoms. The summed E-state index contributed by atoms with van der Waals surface area (Å²) in [6, 6.07) is 6.33. The molecule has 3 rings (SSSR count). The zero-order valence-corrected chi connectivity index (χ0v) is 15.0. The molecule has 3 N–H and O–H groups in total. The number of aliphatic hydroxyl groups excluding tert-OH is 1. The summed E-state index contributed by atoms with van der Waals surface area (Å²) in [4.78, 5) is 17.4. The number of ether oxygens (including phenoxy) is 2. The Kier molecular flexibility index (Phi) is 5.75. The fourth-order valence-electron chi connectivity index (χ4n) is 3.30. The number of aliphatic hydroxyl groups is 1. The average molecular weight is 375 g/mol. The molecule has 0 radical (unpaired) electrons. The second-order valence-corrected chi connectivity index (χ2v) is 6.35. The number of nitrogens with two attached hydrogens (primary N) is 1. The minimum Gasteiger partial charge on any atom is -0.494 e. The van der Waals surface area contributed by atoms with Gasteiger partial charge in [-0.25, -0.2) is 9.18 Å². The maximum absolute atomic E-state index is 14.0. The number of primary amides is 1. The normalized spacial score (nSPS) is 16.9. The number of carbonyl (C=O) groups is 1. The number of carbonyl (C=O) groups excluding carboxylic acids is 1. The van der Waals surface area contributed by atoms with Gasteiger partial charge in [0, 0.05) is 17.7 Å². The third-order valence-corrected chi connectivity index (χ3v) is 4.59. The SMILES string of the molecule is COc1ccc(-c2cc(CO)c(N3CCC[C@@H](OC(N)=O)C3)cn2)cc1F.